The molecule has 0 spiro atoms. The third-order valence-corrected chi connectivity index (χ3v) is 3.70. The van der Waals surface area contributed by atoms with Crippen molar-refractivity contribution in [3.8, 4) is 0 Å². The molecule has 0 aromatic heterocycles. The summed E-state index contributed by atoms with van der Waals surface area (Å²) in [7, 11) is 0. The van der Waals surface area contributed by atoms with E-state index in [1.807, 2.05) is 13.0 Å². The molecule has 1 aliphatic heterocycles. The molecule has 1 aromatic carbocycles. The van der Waals surface area contributed by atoms with Gasteiger partial charge in [0.1, 0.15) is 5.82 Å². The molecule has 0 bridgehead atoms. The minimum atomic E-state index is -0.310. The predicted octanol–water partition coefficient (Wildman–Crippen LogP) is 1.02. The monoisotopic (exact) mass is 252 g/mol. The number of nitrogens with zero attached hydrogens (tertiary/aromatic N) is 1. The maximum Gasteiger partial charge on any atom is 0.123 e. The van der Waals surface area contributed by atoms with Gasteiger partial charge in [-0.15, -0.1) is 0 Å². The molecule has 1 heterocycles. The standard InChI is InChI=1S/C14H21FN2O/c1-14(11-18,17-7-5-16-6-8-17)10-12-3-2-4-13(15)9-12/h2-4,9,16,18H,5-8,10-11H2,1H3. The minimum Gasteiger partial charge on any atom is -0.394 e. The van der Waals surface area contributed by atoms with Crippen molar-refractivity contribution in [3.63, 3.8) is 0 Å². The second-order valence-corrected chi connectivity index (χ2v) is 5.20. The Morgan fingerprint density at radius 3 is 2.72 bits per heavy atom. The van der Waals surface area contributed by atoms with Gasteiger partial charge >= 0.3 is 0 Å². The van der Waals surface area contributed by atoms with E-state index < -0.39 is 0 Å². The van der Waals surface area contributed by atoms with Gasteiger partial charge in [0.15, 0.2) is 0 Å². The van der Waals surface area contributed by atoms with E-state index in [4.69, 9.17) is 0 Å². The van der Waals surface area contributed by atoms with E-state index in [9.17, 15) is 9.50 Å². The Bertz CT molecular complexity index is 393. The van der Waals surface area contributed by atoms with E-state index in [-0.39, 0.29) is 18.0 Å². The van der Waals surface area contributed by atoms with Gasteiger partial charge in [0, 0.05) is 31.7 Å². The van der Waals surface area contributed by atoms with Gasteiger partial charge in [0.25, 0.3) is 0 Å². The number of aliphatic hydroxyl groups excluding tert-OH is 1. The normalized spacial score (nSPS) is 20.6. The van der Waals surface area contributed by atoms with Crippen LogP contribution in [0.2, 0.25) is 0 Å². The molecule has 2 rings (SSSR count). The molecule has 0 saturated carbocycles. The number of piperazine rings is 1. The van der Waals surface area contributed by atoms with Crippen LogP contribution in [-0.2, 0) is 6.42 Å². The van der Waals surface area contributed by atoms with Crippen LogP contribution in [-0.4, -0.2) is 48.3 Å². The molecule has 1 aliphatic rings. The molecule has 0 radical (unpaired) electrons. The largest absolute Gasteiger partial charge is 0.394 e. The Balaban J connectivity index is 2.11. The van der Waals surface area contributed by atoms with Crippen molar-refractivity contribution in [2.75, 3.05) is 32.8 Å². The van der Waals surface area contributed by atoms with Crippen molar-refractivity contribution in [2.24, 2.45) is 0 Å². The number of rotatable bonds is 4. The molecule has 1 unspecified atom stereocenters. The maximum atomic E-state index is 13.2. The first-order valence-corrected chi connectivity index (χ1v) is 6.45. The summed E-state index contributed by atoms with van der Waals surface area (Å²) >= 11 is 0. The Morgan fingerprint density at radius 2 is 2.11 bits per heavy atom. The number of aliphatic hydroxyl groups is 1. The zero-order valence-electron chi connectivity index (χ0n) is 10.8. The summed E-state index contributed by atoms with van der Waals surface area (Å²) in [4.78, 5) is 2.29. The lowest BCUT2D eigenvalue weighted by atomic mass is 9.91. The van der Waals surface area contributed by atoms with Crippen LogP contribution < -0.4 is 5.32 Å². The first kappa shape index (κ1) is 13.5. The molecule has 0 amide bonds. The fourth-order valence-electron chi connectivity index (χ4n) is 2.56. The first-order valence-electron chi connectivity index (χ1n) is 6.45. The van der Waals surface area contributed by atoms with Crippen molar-refractivity contribution in [1.29, 1.82) is 0 Å². The Kier molecular flexibility index (Phi) is 4.32. The summed E-state index contributed by atoms with van der Waals surface area (Å²) in [6.45, 7) is 5.86. The highest BCUT2D eigenvalue weighted by Crippen LogP contribution is 2.21. The quantitative estimate of drug-likeness (QED) is 0.840. The van der Waals surface area contributed by atoms with Gasteiger partial charge in [-0.1, -0.05) is 12.1 Å². The van der Waals surface area contributed by atoms with E-state index in [1.54, 1.807) is 12.1 Å². The summed E-state index contributed by atoms with van der Waals surface area (Å²) in [6.07, 6.45) is 0.668. The van der Waals surface area contributed by atoms with Crippen molar-refractivity contribution < 1.29 is 9.50 Å². The topological polar surface area (TPSA) is 35.5 Å². The van der Waals surface area contributed by atoms with Gasteiger partial charge in [-0.05, 0) is 31.0 Å². The molecule has 4 heteroatoms. The lowest BCUT2D eigenvalue weighted by Crippen LogP contribution is -2.57. The average molecular weight is 252 g/mol. The van der Waals surface area contributed by atoms with E-state index in [0.717, 1.165) is 31.7 Å². The number of hydrogen-bond acceptors (Lipinski definition) is 3. The summed E-state index contributed by atoms with van der Waals surface area (Å²) < 4.78 is 13.2. The smallest absolute Gasteiger partial charge is 0.123 e. The van der Waals surface area contributed by atoms with Gasteiger partial charge in [-0.3, -0.25) is 4.90 Å². The molecular formula is C14H21FN2O. The van der Waals surface area contributed by atoms with Crippen LogP contribution in [0.4, 0.5) is 4.39 Å². The summed E-state index contributed by atoms with van der Waals surface area (Å²) in [6, 6.07) is 6.64. The molecule has 18 heavy (non-hydrogen) atoms. The minimum absolute atomic E-state index is 0.0868. The maximum absolute atomic E-state index is 13.2. The van der Waals surface area contributed by atoms with Gasteiger partial charge in [-0.25, -0.2) is 4.39 Å². The van der Waals surface area contributed by atoms with Gasteiger partial charge in [-0.2, -0.15) is 0 Å². The van der Waals surface area contributed by atoms with Crippen LogP contribution in [0.3, 0.4) is 0 Å². The Labute approximate surface area is 108 Å². The second kappa shape index (κ2) is 5.78. The summed E-state index contributed by atoms with van der Waals surface area (Å²) in [5, 5.41) is 13.0. The predicted molar refractivity (Wildman–Crippen MR) is 70.0 cm³/mol. The molecule has 1 atom stereocenters. The van der Waals surface area contributed by atoms with Crippen LogP contribution in [0.15, 0.2) is 24.3 Å². The van der Waals surface area contributed by atoms with Crippen LogP contribution in [0.25, 0.3) is 0 Å². The second-order valence-electron chi connectivity index (χ2n) is 5.20. The number of benzene rings is 1. The van der Waals surface area contributed by atoms with E-state index in [1.165, 1.54) is 6.07 Å². The number of halogens is 1. The van der Waals surface area contributed by atoms with E-state index in [2.05, 4.69) is 10.2 Å². The molecule has 100 valence electrons. The third kappa shape index (κ3) is 3.07. The van der Waals surface area contributed by atoms with Gasteiger partial charge < -0.3 is 10.4 Å². The molecule has 1 fully saturated rings. The highest BCUT2D eigenvalue weighted by atomic mass is 19.1. The van der Waals surface area contributed by atoms with Crippen LogP contribution in [0.1, 0.15) is 12.5 Å². The van der Waals surface area contributed by atoms with Gasteiger partial charge in [0.05, 0.1) is 6.61 Å². The molecular weight excluding hydrogens is 231 g/mol. The van der Waals surface area contributed by atoms with Crippen LogP contribution in [0, 0.1) is 5.82 Å². The number of nitrogens with one attached hydrogen (secondary N) is 1. The Morgan fingerprint density at radius 1 is 1.39 bits per heavy atom. The fourth-order valence-corrected chi connectivity index (χ4v) is 2.56. The van der Waals surface area contributed by atoms with E-state index in [0.29, 0.717) is 6.42 Å². The first-order chi connectivity index (χ1) is 8.64. The zero-order chi connectivity index (χ0) is 13.0. The lowest BCUT2D eigenvalue weighted by molar-refractivity contribution is 0.0340. The summed E-state index contributed by atoms with van der Waals surface area (Å²) in [5.41, 5.74) is 0.626. The summed E-state index contributed by atoms with van der Waals surface area (Å²) in [5.74, 6) is -0.215. The number of hydrogen-bond donors (Lipinski definition) is 2. The van der Waals surface area contributed by atoms with Crippen molar-refractivity contribution in [1.82, 2.24) is 10.2 Å². The van der Waals surface area contributed by atoms with Crippen molar-refractivity contribution in [3.05, 3.63) is 35.6 Å². The highest BCUT2D eigenvalue weighted by molar-refractivity contribution is 5.19. The van der Waals surface area contributed by atoms with Crippen LogP contribution >= 0.6 is 0 Å². The van der Waals surface area contributed by atoms with Gasteiger partial charge in [0.2, 0.25) is 0 Å². The molecule has 3 nitrogen and oxygen atoms in total. The van der Waals surface area contributed by atoms with E-state index >= 15 is 0 Å². The lowest BCUT2D eigenvalue weighted by Gasteiger charge is -2.42. The Hall–Kier alpha value is -0.970. The molecule has 1 aromatic rings. The van der Waals surface area contributed by atoms with Crippen molar-refractivity contribution >= 4 is 0 Å². The molecule has 0 aliphatic carbocycles. The SMILES string of the molecule is CC(CO)(Cc1cccc(F)c1)N1CCNCC1. The fraction of sp³-hybridized carbons (Fsp3) is 0.571. The molecule has 2 N–H and O–H groups in total. The average Bonchev–Trinajstić information content (AvgIpc) is 2.39. The highest BCUT2D eigenvalue weighted by Gasteiger charge is 2.32. The van der Waals surface area contributed by atoms with Crippen molar-refractivity contribution in [2.45, 2.75) is 18.9 Å². The molecule has 1 saturated heterocycles. The third-order valence-electron chi connectivity index (χ3n) is 3.70. The zero-order valence-corrected chi connectivity index (χ0v) is 10.8. The van der Waals surface area contributed by atoms with Crippen LogP contribution in [0.5, 0.6) is 0 Å².